The number of alkyl halides is 6. The van der Waals surface area contributed by atoms with Crippen molar-refractivity contribution in [2.45, 2.75) is 119 Å². The molecule has 0 bridgehead atoms. The molecule has 0 saturated carbocycles. The molecular weight excluding hydrogens is 939 g/mol. The minimum absolute atomic E-state index is 0.0146. The van der Waals surface area contributed by atoms with Crippen LogP contribution >= 0.6 is 0 Å². The summed E-state index contributed by atoms with van der Waals surface area (Å²) in [5.41, 5.74) is -6.75. The van der Waals surface area contributed by atoms with Crippen LogP contribution in [0.25, 0.3) is 0 Å². The van der Waals surface area contributed by atoms with Crippen LogP contribution in [0.3, 0.4) is 0 Å². The second kappa shape index (κ2) is 22.5. The first-order chi connectivity index (χ1) is 30.3. The van der Waals surface area contributed by atoms with Crippen molar-refractivity contribution in [3.8, 4) is 0 Å². The molecule has 0 spiro atoms. The maximum Gasteiger partial charge on any atom is 0.485 e. The summed E-state index contributed by atoms with van der Waals surface area (Å²) in [6.07, 6.45) is 0. The molecule has 6 rings (SSSR count). The third kappa shape index (κ3) is 16.0. The van der Waals surface area contributed by atoms with E-state index in [1.165, 1.54) is 46.1 Å². The second-order valence-electron chi connectivity index (χ2n) is 17.6. The molecule has 0 fully saturated rings. The summed E-state index contributed by atoms with van der Waals surface area (Å²) in [6.45, 7) is 21.0. The van der Waals surface area contributed by atoms with Crippen molar-refractivity contribution in [2.24, 2.45) is 0 Å². The zero-order valence-electron chi connectivity index (χ0n) is 37.9. The highest BCUT2D eigenvalue weighted by molar-refractivity contribution is 7.97. The monoisotopic (exact) mass is 992 g/mol. The van der Waals surface area contributed by atoms with E-state index in [9.17, 15) is 26.3 Å². The largest absolute Gasteiger partial charge is 0.741 e. The third-order valence-electron chi connectivity index (χ3n) is 9.25. The first-order valence-corrected chi connectivity index (χ1v) is 25.5. The Morgan fingerprint density at radius 2 is 0.515 bits per heavy atom. The molecule has 0 saturated heterocycles. The molecule has 66 heavy (non-hydrogen) atoms. The molecular formula is C50H54F6O6S4. The summed E-state index contributed by atoms with van der Waals surface area (Å²) < 4.78 is 118. The Morgan fingerprint density at radius 1 is 0.333 bits per heavy atom. The Hall–Kier alpha value is -4.58. The van der Waals surface area contributed by atoms with Gasteiger partial charge < -0.3 is 9.11 Å². The van der Waals surface area contributed by atoms with Crippen molar-refractivity contribution < 1.29 is 52.3 Å². The second-order valence-corrected chi connectivity index (χ2v) is 24.3. The van der Waals surface area contributed by atoms with Gasteiger partial charge in [0, 0.05) is 16.7 Å². The predicted molar refractivity (Wildman–Crippen MR) is 251 cm³/mol. The summed E-state index contributed by atoms with van der Waals surface area (Å²) in [6, 6.07) is 59.4. The van der Waals surface area contributed by atoms with E-state index in [0.29, 0.717) is 0 Å². The maximum atomic E-state index is 10.7. The molecule has 16 heteroatoms. The highest BCUT2D eigenvalue weighted by Gasteiger charge is 2.41. The Bertz CT molecular complexity index is 2400. The minimum atomic E-state index is -6.09. The van der Waals surface area contributed by atoms with E-state index >= 15 is 0 Å². The highest BCUT2D eigenvalue weighted by atomic mass is 32.2. The van der Waals surface area contributed by atoms with Crippen LogP contribution in [0.15, 0.2) is 193 Å². The van der Waals surface area contributed by atoms with Crippen LogP contribution in [0.1, 0.15) is 79.0 Å². The van der Waals surface area contributed by atoms with Gasteiger partial charge in [0.25, 0.3) is 0 Å². The molecule has 356 valence electrons. The van der Waals surface area contributed by atoms with Gasteiger partial charge in [0.15, 0.2) is 49.6 Å². The molecule has 0 N–H and O–H groups in total. The lowest BCUT2D eigenvalue weighted by molar-refractivity contribution is -0.0522. The lowest BCUT2D eigenvalue weighted by Crippen LogP contribution is -2.23. The summed E-state index contributed by atoms with van der Waals surface area (Å²) in [4.78, 5) is 8.43. The van der Waals surface area contributed by atoms with E-state index < -0.39 is 31.3 Å². The quantitative estimate of drug-likeness (QED) is 0.0710. The fraction of sp³-hybridized carbons (Fsp3) is 0.280. The van der Waals surface area contributed by atoms with Gasteiger partial charge in [-0.3, -0.25) is 0 Å². The molecule has 0 aliphatic rings. The van der Waals surface area contributed by atoms with E-state index in [4.69, 9.17) is 25.9 Å². The van der Waals surface area contributed by atoms with Gasteiger partial charge in [-0.2, -0.15) is 26.3 Å². The Balaban J connectivity index is 0.000000277. The molecule has 0 aromatic heterocycles. The molecule has 0 heterocycles. The van der Waals surface area contributed by atoms with Crippen LogP contribution in [-0.4, -0.2) is 37.0 Å². The molecule has 0 amide bonds. The third-order valence-corrected chi connectivity index (χ3v) is 15.0. The lowest BCUT2D eigenvalue weighted by atomic mass is 9.87. The number of rotatable bonds is 6. The van der Waals surface area contributed by atoms with Crippen LogP contribution in [0, 0.1) is 0 Å². The summed E-state index contributed by atoms with van der Waals surface area (Å²) in [7, 11) is -12.4. The molecule has 0 aliphatic carbocycles. The summed E-state index contributed by atoms with van der Waals surface area (Å²) in [5.74, 6) is 0. The normalized spacial score (nSPS) is 12.5. The van der Waals surface area contributed by atoms with Gasteiger partial charge in [-0.25, -0.2) is 16.8 Å². The van der Waals surface area contributed by atoms with Gasteiger partial charge in [-0.15, -0.1) is 0 Å². The lowest BCUT2D eigenvalue weighted by Gasteiger charge is -2.28. The van der Waals surface area contributed by atoms with Crippen molar-refractivity contribution in [2.75, 3.05) is 0 Å². The Labute approximate surface area is 391 Å². The van der Waals surface area contributed by atoms with Gasteiger partial charge in [-0.1, -0.05) is 172 Å². The molecule has 0 atom stereocenters. The van der Waals surface area contributed by atoms with E-state index in [1.54, 1.807) is 0 Å². The first-order valence-electron chi connectivity index (χ1n) is 20.2. The maximum absolute atomic E-state index is 10.7. The van der Waals surface area contributed by atoms with Gasteiger partial charge in [0.1, 0.15) is 10.9 Å². The Morgan fingerprint density at radius 3 is 0.697 bits per heavy atom. The number of hydrogen-bond donors (Lipinski definition) is 0. The molecule has 6 aromatic carbocycles. The topological polar surface area (TPSA) is 114 Å². The van der Waals surface area contributed by atoms with Crippen LogP contribution in [0.4, 0.5) is 26.3 Å². The van der Waals surface area contributed by atoms with Crippen LogP contribution in [-0.2, 0) is 58.3 Å². The van der Waals surface area contributed by atoms with E-state index in [2.05, 4.69) is 226 Å². The number of halogens is 6. The van der Waals surface area contributed by atoms with Crippen molar-refractivity contribution in [1.29, 1.82) is 0 Å². The smallest absolute Gasteiger partial charge is 0.485 e. The van der Waals surface area contributed by atoms with E-state index in [0.717, 1.165) is 0 Å². The molecule has 6 aromatic rings. The molecule has 0 unspecified atom stereocenters. The fourth-order valence-electron chi connectivity index (χ4n) is 6.23. The average molecular weight is 993 g/mol. The minimum Gasteiger partial charge on any atom is -0.741 e. The van der Waals surface area contributed by atoms with Crippen LogP contribution in [0.2, 0.25) is 0 Å². The van der Waals surface area contributed by atoms with Crippen molar-refractivity contribution in [3.63, 3.8) is 0 Å². The zero-order chi connectivity index (χ0) is 49.9. The highest BCUT2D eigenvalue weighted by Crippen LogP contribution is 2.44. The van der Waals surface area contributed by atoms with Crippen LogP contribution < -0.4 is 0 Å². The summed E-state index contributed by atoms with van der Waals surface area (Å²) >= 11 is 0. The van der Waals surface area contributed by atoms with Gasteiger partial charge in [0.05, 0.1) is 10.9 Å². The van der Waals surface area contributed by atoms with Crippen LogP contribution in [0.5, 0.6) is 0 Å². The van der Waals surface area contributed by atoms with Crippen molar-refractivity contribution in [1.82, 2.24) is 0 Å². The number of hydrogen-bond acceptors (Lipinski definition) is 6. The summed E-state index contributed by atoms with van der Waals surface area (Å²) in [5, 5.41) is 0. The first kappa shape index (κ1) is 55.7. The standard InChI is InChI=1S/C30H39S.C18H15S.2CHF3O3S/c1-28(2,3)22-16-10-13-19-25(22)31(26-20-14-11-17-23(26)29(4,5)6)27-21-15-12-18-24(27)30(7,8)9;1-4-10-16(11-5-1)19(17-12-6-2-7-13-17)18-14-8-3-9-15-18;2*2-1(3,4)8(5,6)7/h10-21H,1-9H3;1-15H;2*(H,5,6,7)/q2*+1;;/p-2. The molecule has 0 radical (unpaired) electrons. The van der Waals surface area contributed by atoms with E-state index in [-0.39, 0.29) is 38.0 Å². The zero-order valence-corrected chi connectivity index (χ0v) is 41.2. The average Bonchev–Trinajstić information content (AvgIpc) is 3.21. The molecule has 6 nitrogen and oxygen atoms in total. The van der Waals surface area contributed by atoms with Crippen molar-refractivity contribution in [3.05, 3.63) is 180 Å². The predicted octanol–water partition coefficient (Wildman–Crippen LogP) is 13.6. The fourth-order valence-corrected chi connectivity index (χ4v) is 11.5. The number of benzene rings is 6. The SMILES string of the molecule is CC(C)(C)c1ccccc1[S+](c1ccccc1C(C)(C)C)c1ccccc1C(C)(C)C.O=S(=O)([O-])C(F)(F)F.O=S(=O)([O-])C(F)(F)F.c1ccc([S+](c2ccccc2)c2ccccc2)cc1. The molecule has 0 aliphatic heterocycles. The van der Waals surface area contributed by atoms with Gasteiger partial charge in [-0.05, 0) is 70.8 Å². The van der Waals surface area contributed by atoms with Gasteiger partial charge in [0.2, 0.25) is 0 Å². The van der Waals surface area contributed by atoms with Gasteiger partial charge >= 0.3 is 11.0 Å². The van der Waals surface area contributed by atoms with Crippen molar-refractivity contribution >= 4 is 42.0 Å². The van der Waals surface area contributed by atoms with E-state index in [1.807, 2.05) is 0 Å². The Kier molecular flexibility index (Phi) is 19.0.